The highest BCUT2D eigenvalue weighted by molar-refractivity contribution is 6.02. The fourth-order valence-corrected chi connectivity index (χ4v) is 8.92. The molecule has 5 aromatic rings. The van der Waals surface area contributed by atoms with Gasteiger partial charge in [0.05, 0.1) is 31.0 Å². The number of hydrazone groups is 1. The van der Waals surface area contributed by atoms with Crippen LogP contribution in [0, 0.1) is 5.92 Å². The highest BCUT2D eigenvalue weighted by atomic mass is 16.5. The fraction of sp³-hybridized carbons (Fsp3) is 0.244. The molecule has 0 saturated carbocycles. The van der Waals surface area contributed by atoms with E-state index in [0.717, 1.165) is 46.7 Å². The number of fused-ring (bicyclic) bond motifs is 6. The summed E-state index contributed by atoms with van der Waals surface area (Å²) in [4.78, 5) is 15.5. The molecule has 1 fully saturated rings. The summed E-state index contributed by atoms with van der Waals surface area (Å²) in [6, 6.07) is 45.0. The number of benzene rings is 5. The second-order valence-electron chi connectivity index (χ2n) is 14.5. The van der Waals surface area contributed by atoms with Crippen molar-refractivity contribution >= 4 is 22.9 Å². The SMILES string of the molecule is O=C(c1ccc2c(c1)C1C=C(c3cccc(C4Oc5ccccc5C5CC(c6ccccc6)=NN54)c3)CC1C(c1ccccc1)N2)N1CCOCC1. The molecule has 7 nitrogen and oxygen atoms in total. The summed E-state index contributed by atoms with van der Waals surface area (Å²) >= 11 is 0. The van der Waals surface area contributed by atoms with Gasteiger partial charge in [-0.05, 0) is 70.5 Å². The molecule has 1 N–H and O–H groups in total. The molecule has 0 bridgehead atoms. The molecule has 5 unspecified atom stereocenters. The predicted molar refractivity (Wildman–Crippen MR) is 203 cm³/mol. The molecule has 5 aromatic carbocycles. The third kappa shape index (κ3) is 5.39. The Bertz CT molecular complexity index is 2210. The van der Waals surface area contributed by atoms with E-state index in [4.69, 9.17) is 14.6 Å². The van der Waals surface area contributed by atoms with Crippen LogP contribution < -0.4 is 10.1 Å². The van der Waals surface area contributed by atoms with Gasteiger partial charge in [0.25, 0.3) is 5.91 Å². The van der Waals surface area contributed by atoms with Crippen LogP contribution in [0.4, 0.5) is 5.69 Å². The minimum Gasteiger partial charge on any atom is -0.464 e. The summed E-state index contributed by atoms with van der Waals surface area (Å²) < 4.78 is 12.3. The van der Waals surface area contributed by atoms with Crippen molar-refractivity contribution in [1.29, 1.82) is 0 Å². The maximum Gasteiger partial charge on any atom is 0.254 e. The number of hydrogen-bond donors (Lipinski definition) is 1. The second kappa shape index (κ2) is 12.8. The Kier molecular flexibility index (Phi) is 7.68. The molecule has 1 amide bonds. The van der Waals surface area contributed by atoms with Crippen LogP contribution in [0.1, 0.15) is 80.8 Å². The number of amides is 1. The number of nitrogens with zero attached hydrogens (tertiary/aromatic N) is 3. The van der Waals surface area contributed by atoms with Crippen molar-refractivity contribution < 1.29 is 14.3 Å². The van der Waals surface area contributed by atoms with Gasteiger partial charge in [-0.2, -0.15) is 5.10 Å². The van der Waals surface area contributed by atoms with Crippen LogP contribution in [0.3, 0.4) is 0 Å². The molecule has 7 heteroatoms. The molecule has 4 aliphatic heterocycles. The zero-order chi connectivity index (χ0) is 34.6. The number of anilines is 1. The van der Waals surface area contributed by atoms with Crippen molar-refractivity contribution in [1.82, 2.24) is 9.91 Å². The van der Waals surface area contributed by atoms with E-state index >= 15 is 0 Å². The van der Waals surface area contributed by atoms with Crippen LogP contribution in [0.15, 0.2) is 139 Å². The molecular weight excluding hydrogens is 645 g/mol. The van der Waals surface area contributed by atoms with Crippen LogP contribution in [0.2, 0.25) is 0 Å². The van der Waals surface area contributed by atoms with Crippen molar-refractivity contribution in [2.24, 2.45) is 11.0 Å². The minimum absolute atomic E-state index is 0.0788. The molecule has 0 spiro atoms. The first-order chi connectivity index (χ1) is 25.7. The van der Waals surface area contributed by atoms with Gasteiger partial charge in [0.1, 0.15) is 5.75 Å². The number of carbonyl (C=O) groups excluding carboxylic acids is 1. The van der Waals surface area contributed by atoms with E-state index in [0.29, 0.717) is 32.2 Å². The summed E-state index contributed by atoms with van der Waals surface area (Å²) in [5.41, 5.74) is 11.3. The van der Waals surface area contributed by atoms with E-state index in [1.165, 1.54) is 27.8 Å². The Morgan fingerprint density at radius 2 is 1.48 bits per heavy atom. The van der Waals surface area contributed by atoms with E-state index in [2.05, 4.69) is 132 Å². The van der Waals surface area contributed by atoms with E-state index < -0.39 is 0 Å². The first-order valence-corrected chi connectivity index (χ1v) is 18.5. The van der Waals surface area contributed by atoms with E-state index in [-0.39, 0.29) is 30.1 Å². The topological polar surface area (TPSA) is 66.4 Å². The predicted octanol–water partition coefficient (Wildman–Crippen LogP) is 8.76. The molecule has 10 rings (SSSR count). The van der Waals surface area contributed by atoms with Crippen LogP contribution in [-0.4, -0.2) is 47.8 Å². The summed E-state index contributed by atoms with van der Waals surface area (Å²) in [6.45, 7) is 2.43. The Morgan fingerprint density at radius 3 is 2.33 bits per heavy atom. The lowest BCUT2D eigenvalue weighted by Crippen LogP contribution is -2.40. The van der Waals surface area contributed by atoms with E-state index in [1.54, 1.807) is 0 Å². The molecule has 5 aliphatic rings. The van der Waals surface area contributed by atoms with Crippen LogP contribution in [0.25, 0.3) is 5.57 Å². The fourth-order valence-electron chi connectivity index (χ4n) is 8.92. The molecule has 1 saturated heterocycles. The van der Waals surface area contributed by atoms with Crippen molar-refractivity contribution in [2.45, 2.75) is 37.1 Å². The van der Waals surface area contributed by atoms with E-state index in [1.807, 2.05) is 17.0 Å². The maximum atomic E-state index is 13.6. The number of morpholine rings is 1. The summed E-state index contributed by atoms with van der Waals surface area (Å²) in [6.07, 6.45) is 3.86. The van der Waals surface area contributed by atoms with Gasteiger partial charge in [-0.25, -0.2) is 5.01 Å². The summed E-state index contributed by atoms with van der Waals surface area (Å²) in [5, 5.41) is 11.3. The van der Waals surface area contributed by atoms with E-state index in [9.17, 15) is 4.79 Å². The van der Waals surface area contributed by atoms with Gasteiger partial charge in [-0.15, -0.1) is 0 Å². The van der Waals surface area contributed by atoms with Crippen molar-refractivity contribution in [2.75, 3.05) is 31.6 Å². The summed E-state index contributed by atoms with van der Waals surface area (Å²) in [5.74, 6) is 1.46. The Morgan fingerprint density at radius 1 is 0.731 bits per heavy atom. The molecule has 0 radical (unpaired) electrons. The molecular formula is C45H40N4O3. The number of carbonyl (C=O) groups is 1. The highest BCUT2D eigenvalue weighted by Crippen LogP contribution is 2.54. The first kappa shape index (κ1) is 31.1. The maximum absolute atomic E-state index is 13.6. The molecule has 52 heavy (non-hydrogen) atoms. The van der Waals surface area contributed by atoms with Gasteiger partial charge in [0, 0.05) is 47.8 Å². The lowest BCUT2D eigenvalue weighted by molar-refractivity contribution is -0.0190. The molecule has 258 valence electrons. The zero-order valence-electron chi connectivity index (χ0n) is 28.9. The monoisotopic (exact) mass is 684 g/mol. The molecule has 0 aromatic heterocycles. The van der Waals surface area contributed by atoms with Gasteiger partial charge in [-0.3, -0.25) is 4.79 Å². The Hall–Kier alpha value is -5.66. The van der Waals surface area contributed by atoms with Crippen LogP contribution in [-0.2, 0) is 4.74 Å². The van der Waals surface area contributed by atoms with Crippen molar-refractivity contribution in [3.8, 4) is 5.75 Å². The second-order valence-corrected chi connectivity index (χ2v) is 14.5. The number of hydrogen-bond acceptors (Lipinski definition) is 6. The quantitative estimate of drug-likeness (QED) is 0.201. The highest BCUT2D eigenvalue weighted by Gasteiger charge is 2.43. The third-order valence-corrected chi connectivity index (χ3v) is 11.5. The van der Waals surface area contributed by atoms with Crippen molar-refractivity contribution in [3.63, 3.8) is 0 Å². The lowest BCUT2D eigenvalue weighted by atomic mass is 9.76. The number of allylic oxidation sites excluding steroid dienone is 2. The van der Waals surface area contributed by atoms with Gasteiger partial charge >= 0.3 is 0 Å². The Balaban J connectivity index is 1.01. The number of rotatable bonds is 5. The van der Waals surface area contributed by atoms with Gasteiger partial charge in [0.2, 0.25) is 6.23 Å². The minimum atomic E-state index is -0.349. The zero-order valence-corrected chi connectivity index (χ0v) is 28.9. The standard InChI is InChI=1S/C45H40N4O3/c50-44(48-20-22-51-23-21-48)32-18-19-39-37(25-32)36-26-34(27-38(36)43(46-39)30-12-5-2-6-13-30)31-14-9-15-33(24-31)45-49-41(35-16-7-8-17-42(35)52-45)28-40(47-49)29-10-3-1-4-11-29/h1-19,24-26,36,38,41,43,45-46H,20-23,27-28H2. The third-order valence-electron chi connectivity index (χ3n) is 11.5. The number of para-hydroxylation sites is 1. The lowest BCUT2D eigenvalue weighted by Gasteiger charge is -2.38. The molecule has 1 aliphatic carbocycles. The molecule has 5 atom stereocenters. The Labute approximate surface area is 304 Å². The largest absolute Gasteiger partial charge is 0.464 e. The average molecular weight is 685 g/mol. The van der Waals surface area contributed by atoms with Gasteiger partial charge < -0.3 is 19.7 Å². The van der Waals surface area contributed by atoms with Gasteiger partial charge in [0.15, 0.2) is 0 Å². The van der Waals surface area contributed by atoms with Crippen LogP contribution >= 0.6 is 0 Å². The number of ether oxygens (including phenoxy) is 2. The summed E-state index contributed by atoms with van der Waals surface area (Å²) in [7, 11) is 0. The van der Waals surface area contributed by atoms with Crippen LogP contribution in [0.5, 0.6) is 5.75 Å². The molecule has 4 heterocycles. The normalized spacial score (nSPS) is 24.3. The van der Waals surface area contributed by atoms with Gasteiger partial charge in [-0.1, -0.05) is 103 Å². The number of nitrogens with one attached hydrogen (secondary N) is 1. The smallest absolute Gasteiger partial charge is 0.254 e. The average Bonchev–Trinajstić information content (AvgIpc) is 3.88. The van der Waals surface area contributed by atoms with Crippen molar-refractivity contribution in [3.05, 3.63) is 172 Å². The first-order valence-electron chi connectivity index (χ1n) is 18.5.